The predicted octanol–water partition coefficient (Wildman–Crippen LogP) is 12.4. The second kappa shape index (κ2) is 16.7. The van der Waals surface area contributed by atoms with Gasteiger partial charge >= 0.3 is 0 Å². The fourth-order valence-corrected chi connectivity index (χ4v) is 6.47. The average molecular weight is 551 g/mol. The minimum absolute atomic E-state index is 0.148. The summed E-state index contributed by atoms with van der Waals surface area (Å²) in [7, 11) is 0. The van der Waals surface area contributed by atoms with Crippen LogP contribution in [0.1, 0.15) is 129 Å². The Bertz CT molecular complexity index is 980. The number of hydrogen-bond acceptors (Lipinski definition) is 2. The Morgan fingerprint density at radius 1 is 0.526 bits per heavy atom. The zero-order valence-corrected chi connectivity index (χ0v) is 27.3. The fraction of sp³-hybridized carbons (Fsp3) is 0.556. The summed E-state index contributed by atoms with van der Waals surface area (Å²) in [6.45, 7) is 18.4. The number of unbranched alkanes of at least 4 members (excludes halogenated alkanes) is 6. The molecule has 210 valence electrons. The Kier molecular flexibility index (Phi) is 14.4. The Morgan fingerprint density at radius 3 is 1.24 bits per heavy atom. The van der Waals surface area contributed by atoms with Crippen LogP contribution < -0.4 is 0 Å². The molecule has 0 spiro atoms. The molecule has 0 N–H and O–H groups in total. The lowest BCUT2D eigenvalue weighted by Crippen LogP contribution is -2.08. The van der Waals surface area contributed by atoms with E-state index in [-0.39, 0.29) is 9.49 Å². The number of rotatable bonds is 15. The molecule has 0 amide bonds. The van der Waals surface area contributed by atoms with Crippen molar-refractivity contribution in [2.75, 3.05) is 0 Å². The first-order chi connectivity index (χ1) is 18.0. The Morgan fingerprint density at radius 2 is 0.868 bits per heavy atom. The minimum Gasteiger partial charge on any atom is -0.120 e. The van der Waals surface area contributed by atoms with E-state index in [0.717, 1.165) is 0 Å². The van der Waals surface area contributed by atoms with E-state index in [1.165, 1.54) is 96.3 Å². The van der Waals surface area contributed by atoms with E-state index in [1.807, 2.05) is 23.5 Å². The van der Waals surface area contributed by atoms with Gasteiger partial charge in [0.05, 0.1) is 0 Å². The fourth-order valence-electron chi connectivity index (χ4n) is 4.37. The van der Waals surface area contributed by atoms with E-state index in [9.17, 15) is 0 Å². The van der Waals surface area contributed by atoms with E-state index in [4.69, 9.17) is 0 Å². The van der Waals surface area contributed by atoms with Gasteiger partial charge in [0.1, 0.15) is 0 Å². The highest BCUT2D eigenvalue weighted by atomic mass is 32.2. The maximum absolute atomic E-state index is 2.36. The van der Waals surface area contributed by atoms with Crippen molar-refractivity contribution in [1.29, 1.82) is 0 Å². The number of benzene rings is 2. The summed E-state index contributed by atoms with van der Waals surface area (Å²) >= 11 is 3.93. The van der Waals surface area contributed by atoms with E-state index in [2.05, 4.69) is 116 Å². The molecule has 2 heteroatoms. The maximum atomic E-state index is 2.36. The molecule has 0 unspecified atom stereocenters. The van der Waals surface area contributed by atoms with Crippen LogP contribution in [0.15, 0.2) is 60.7 Å². The Hall–Kier alpha value is -1.38. The molecule has 0 aliphatic carbocycles. The normalized spacial score (nSPS) is 13.3. The first-order valence-electron chi connectivity index (χ1n) is 15.0. The van der Waals surface area contributed by atoms with Gasteiger partial charge in [0, 0.05) is 19.3 Å². The molecule has 0 bridgehead atoms. The molecule has 2 aromatic rings. The minimum atomic E-state index is 0.148. The van der Waals surface area contributed by atoms with E-state index in [1.54, 1.807) is 0 Å². The van der Waals surface area contributed by atoms with Crippen molar-refractivity contribution in [3.8, 4) is 0 Å². The summed E-state index contributed by atoms with van der Waals surface area (Å²) in [6, 6.07) is 18.7. The molecular formula is C36H54S2. The zero-order valence-electron chi connectivity index (χ0n) is 25.7. The maximum Gasteiger partial charge on any atom is 0.0150 e. The summed E-state index contributed by atoms with van der Waals surface area (Å²) in [5.74, 6) is 0. The third-order valence-corrected chi connectivity index (χ3v) is 8.74. The van der Waals surface area contributed by atoms with Crippen molar-refractivity contribution in [3.63, 3.8) is 0 Å². The van der Waals surface area contributed by atoms with Gasteiger partial charge in [-0.3, -0.25) is 0 Å². The smallest absolute Gasteiger partial charge is 0.0150 e. The van der Waals surface area contributed by atoms with Gasteiger partial charge in [-0.15, -0.1) is 23.5 Å². The van der Waals surface area contributed by atoms with Gasteiger partial charge in [0.15, 0.2) is 0 Å². The summed E-state index contributed by atoms with van der Waals surface area (Å²) < 4.78 is 0.296. The van der Waals surface area contributed by atoms with Gasteiger partial charge in [-0.25, -0.2) is 0 Å². The van der Waals surface area contributed by atoms with Crippen molar-refractivity contribution in [2.24, 2.45) is 0 Å². The van der Waals surface area contributed by atoms with Crippen LogP contribution in [0.2, 0.25) is 0 Å². The highest BCUT2D eigenvalue weighted by molar-refractivity contribution is 8.09. The zero-order chi connectivity index (χ0) is 28.0. The highest BCUT2D eigenvalue weighted by Crippen LogP contribution is 2.41. The summed E-state index contributed by atoms with van der Waals surface area (Å²) in [5.41, 5.74) is 5.55. The van der Waals surface area contributed by atoms with Crippen LogP contribution in [0.25, 0.3) is 9.81 Å². The SMILES string of the molecule is CCCCCCCc1ccc(C(=CC=C(SC(C)(C)C)c2ccc(CCCCC)cc2)SC(C)(C)C)cc1. The van der Waals surface area contributed by atoms with Gasteiger partial charge in [-0.1, -0.05) is 142 Å². The quantitative estimate of drug-likeness (QED) is 0.160. The van der Waals surface area contributed by atoms with Gasteiger partial charge in [0.25, 0.3) is 0 Å². The number of allylic oxidation sites excluding steroid dienone is 2. The second-order valence-corrected chi connectivity index (χ2v) is 16.2. The third kappa shape index (κ3) is 13.6. The molecule has 0 heterocycles. The van der Waals surface area contributed by atoms with Crippen molar-refractivity contribution < 1.29 is 0 Å². The van der Waals surface area contributed by atoms with Crippen LogP contribution >= 0.6 is 23.5 Å². The predicted molar refractivity (Wildman–Crippen MR) is 179 cm³/mol. The van der Waals surface area contributed by atoms with Crippen molar-refractivity contribution in [3.05, 3.63) is 82.9 Å². The molecule has 2 rings (SSSR count). The molecule has 0 fully saturated rings. The number of hydrogen-bond donors (Lipinski definition) is 0. The van der Waals surface area contributed by atoms with E-state index in [0.29, 0.717) is 0 Å². The Balaban J connectivity index is 2.30. The lowest BCUT2D eigenvalue weighted by atomic mass is 10.0. The first kappa shape index (κ1) is 32.8. The van der Waals surface area contributed by atoms with Crippen LogP contribution in [0.4, 0.5) is 0 Å². The van der Waals surface area contributed by atoms with Crippen molar-refractivity contribution in [1.82, 2.24) is 0 Å². The van der Waals surface area contributed by atoms with Crippen LogP contribution in [-0.4, -0.2) is 9.49 Å². The summed E-state index contributed by atoms with van der Waals surface area (Å²) in [6.07, 6.45) is 17.6. The van der Waals surface area contributed by atoms with Gasteiger partial charge in [-0.05, 0) is 60.1 Å². The van der Waals surface area contributed by atoms with Crippen molar-refractivity contribution >= 4 is 33.3 Å². The molecule has 0 nitrogen and oxygen atoms in total. The number of aryl methyl sites for hydroxylation is 2. The van der Waals surface area contributed by atoms with Gasteiger partial charge < -0.3 is 0 Å². The van der Waals surface area contributed by atoms with E-state index < -0.39 is 0 Å². The molecule has 0 radical (unpaired) electrons. The number of thioether (sulfide) groups is 2. The standard InChI is InChI=1S/C36H54S2/c1-9-11-13-14-16-18-30-21-25-32(26-22-30)34(38-36(6,7)8)28-27-33(37-35(3,4)5)31-23-19-29(20-24-31)17-15-12-10-2/h19-28H,9-18H2,1-8H3. The van der Waals surface area contributed by atoms with Crippen molar-refractivity contribution in [2.45, 2.75) is 129 Å². The molecule has 2 aromatic carbocycles. The molecule has 0 saturated carbocycles. The molecule has 0 aromatic heterocycles. The van der Waals surface area contributed by atoms with Gasteiger partial charge in [0.2, 0.25) is 0 Å². The molecule has 38 heavy (non-hydrogen) atoms. The highest BCUT2D eigenvalue weighted by Gasteiger charge is 2.17. The molecule has 0 atom stereocenters. The van der Waals surface area contributed by atoms with Crippen LogP contribution in [-0.2, 0) is 12.8 Å². The summed E-state index contributed by atoms with van der Waals surface area (Å²) in [4.78, 5) is 2.68. The second-order valence-electron chi connectivity index (χ2n) is 12.5. The monoisotopic (exact) mass is 550 g/mol. The van der Waals surface area contributed by atoms with Crippen LogP contribution in [0.3, 0.4) is 0 Å². The topological polar surface area (TPSA) is 0 Å². The van der Waals surface area contributed by atoms with Crippen LogP contribution in [0, 0.1) is 0 Å². The lowest BCUT2D eigenvalue weighted by molar-refractivity contribution is 0.632. The third-order valence-electron chi connectivity index (χ3n) is 6.33. The van der Waals surface area contributed by atoms with Gasteiger partial charge in [-0.2, -0.15) is 0 Å². The van der Waals surface area contributed by atoms with Crippen LogP contribution in [0.5, 0.6) is 0 Å². The molecule has 0 aliphatic heterocycles. The van der Waals surface area contributed by atoms with E-state index >= 15 is 0 Å². The molecular weight excluding hydrogens is 497 g/mol. The Labute approximate surface area is 244 Å². The first-order valence-corrected chi connectivity index (χ1v) is 16.6. The lowest BCUT2D eigenvalue weighted by Gasteiger charge is -2.22. The molecule has 0 aliphatic rings. The summed E-state index contributed by atoms with van der Waals surface area (Å²) in [5, 5.41) is 0. The largest absolute Gasteiger partial charge is 0.120 e. The molecule has 0 saturated heterocycles. The average Bonchev–Trinajstić information content (AvgIpc) is 2.85.